The summed E-state index contributed by atoms with van der Waals surface area (Å²) in [5.41, 5.74) is 7.61. The fraction of sp³-hybridized carbons (Fsp3) is 0.368. The molecule has 142 valence electrons. The summed E-state index contributed by atoms with van der Waals surface area (Å²) in [6, 6.07) is 11.9. The van der Waals surface area contributed by atoms with E-state index in [4.69, 9.17) is 11.6 Å². The van der Waals surface area contributed by atoms with Crippen LogP contribution in [0.2, 0.25) is 5.02 Å². The Morgan fingerprint density at radius 2 is 1.81 bits per heavy atom. The van der Waals surface area contributed by atoms with Crippen LogP contribution in [0.5, 0.6) is 0 Å². The van der Waals surface area contributed by atoms with Gasteiger partial charge in [-0.05, 0) is 36.2 Å². The van der Waals surface area contributed by atoms with Crippen LogP contribution in [-0.4, -0.2) is 48.0 Å². The lowest BCUT2D eigenvalue weighted by atomic mass is 10.0. The number of hydrogen-bond acceptors (Lipinski definition) is 5. The first kappa shape index (κ1) is 18.7. The number of carbonyl (C=O) groups is 1. The molecule has 0 spiro atoms. The van der Waals surface area contributed by atoms with Crippen molar-refractivity contribution in [2.24, 2.45) is 0 Å². The molecular weight excluding hydrogens is 430 g/mol. The molecule has 1 amide bonds. The number of hydrazine groups is 1. The fourth-order valence-corrected chi connectivity index (χ4v) is 3.94. The van der Waals surface area contributed by atoms with Crippen molar-refractivity contribution < 1.29 is 4.79 Å². The number of nitrogens with zero attached hydrogens (tertiary/aromatic N) is 3. The van der Waals surface area contributed by atoms with Gasteiger partial charge in [0, 0.05) is 42.9 Å². The van der Waals surface area contributed by atoms with Crippen LogP contribution in [0.3, 0.4) is 0 Å². The standard InChI is InChI=1S/C19H21BrClN5O/c20-14-3-1-13(2-4-14)16-11-17(24-23-16)19(27)26-9-7-25(8-10-26)18-6-5-15(21)12-22-18/h1-6,12,16-17,23-24H,7-11H2. The van der Waals surface area contributed by atoms with Gasteiger partial charge in [-0.1, -0.05) is 39.7 Å². The van der Waals surface area contributed by atoms with Crippen LogP contribution >= 0.6 is 27.5 Å². The number of piperazine rings is 1. The number of carbonyl (C=O) groups excluding carboxylic acids is 1. The minimum absolute atomic E-state index is 0.145. The average Bonchev–Trinajstić information content (AvgIpc) is 3.19. The first-order valence-corrected chi connectivity index (χ1v) is 10.2. The Morgan fingerprint density at radius 1 is 1.07 bits per heavy atom. The Bertz CT molecular complexity index is 793. The fourth-order valence-electron chi connectivity index (χ4n) is 3.56. The van der Waals surface area contributed by atoms with Gasteiger partial charge in [-0.2, -0.15) is 0 Å². The molecule has 0 aliphatic carbocycles. The van der Waals surface area contributed by atoms with Crippen LogP contribution in [-0.2, 0) is 4.79 Å². The number of hydrogen-bond donors (Lipinski definition) is 2. The molecule has 2 saturated heterocycles. The highest BCUT2D eigenvalue weighted by atomic mass is 79.9. The van der Waals surface area contributed by atoms with Gasteiger partial charge < -0.3 is 9.80 Å². The molecule has 2 aromatic rings. The van der Waals surface area contributed by atoms with Gasteiger partial charge in [-0.25, -0.2) is 15.8 Å². The Morgan fingerprint density at radius 3 is 2.48 bits per heavy atom. The summed E-state index contributed by atoms with van der Waals surface area (Å²) in [5, 5.41) is 0.632. The van der Waals surface area contributed by atoms with Crippen LogP contribution in [0.15, 0.2) is 47.1 Å². The average molecular weight is 451 g/mol. The quantitative estimate of drug-likeness (QED) is 0.753. The molecule has 2 aliphatic heterocycles. The summed E-state index contributed by atoms with van der Waals surface area (Å²) in [4.78, 5) is 21.4. The summed E-state index contributed by atoms with van der Waals surface area (Å²) < 4.78 is 1.05. The highest BCUT2D eigenvalue weighted by Crippen LogP contribution is 2.25. The van der Waals surface area contributed by atoms with E-state index in [-0.39, 0.29) is 18.0 Å². The maximum absolute atomic E-state index is 12.9. The molecule has 2 N–H and O–H groups in total. The molecule has 1 aromatic heterocycles. The number of benzene rings is 1. The lowest BCUT2D eigenvalue weighted by molar-refractivity contribution is -0.133. The maximum Gasteiger partial charge on any atom is 0.241 e. The van der Waals surface area contributed by atoms with E-state index in [2.05, 4.69) is 48.8 Å². The topological polar surface area (TPSA) is 60.5 Å². The largest absolute Gasteiger partial charge is 0.353 e. The second-order valence-corrected chi connectivity index (χ2v) is 8.18. The lowest BCUT2D eigenvalue weighted by Crippen LogP contribution is -2.53. The van der Waals surface area contributed by atoms with E-state index >= 15 is 0 Å². The highest BCUT2D eigenvalue weighted by molar-refractivity contribution is 9.10. The van der Waals surface area contributed by atoms with E-state index in [1.807, 2.05) is 29.2 Å². The number of nitrogens with one attached hydrogen (secondary N) is 2. The minimum Gasteiger partial charge on any atom is -0.353 e. The normalized spacial score (nSPS) is 22.9. The zero-order chi connectivity index (χ0) is 18.8. The molecule has 2 fully saturated rings. The molecule has 0 bridgehead atoms. The lowest BCUT2D eigenvalue weighted by Gasteiger charge is -2.36. The summed E-state index contributed by atoms with van der Waals surface area (Å²) in [7, 11) is 0. The van der Waals surface area contributed by atoms with Gasteiger partial charge in [0.15, 0.2) is 0 Å². The van der Waals surface area contributed by atoms with E-state index in [9.17, 15) is 4.79 Å². The third-order valence-corrected chi connectivity index (χ3v) is 5.85. The Hall–Kier alpha value is -1.67. The maximum atomic E-state index is 12.9. The van der Waals surface area contributed by atoms with E-state index in [0.29, 0.717) is 18.1 Å². The van der Waals surface area contributed by atoms with Gasteiger partial charge in [0.1, 0.15) is 11.9 Å². The van der Waals surface area contributed by atoms with Gasteiger partial charge >= 0.3 is 0 Å². The van der Waals surface area contributed by atoms with Crippen LogP contribution < -0.4 is 15.8 Å². The third-order valence-electron chi connectivity index (χ3n) is 5.10. The molecule has 3 heterocycles. The van der Waals surface area contributed by atoms with Gasteiger partial charge in [-0.3, -0.25) is 4.79 Å². The highest BCUT2D eigenvalue weighted by Gasteiger charge is 2.34. The smallest absolute Gasteiger partial charge is 0.241 e. The summed E-state index contributed by atoms with van der Waals surface area (Å²) in [5.74, 6) is 1.06. The predicted octanol–water partition coefficient (Wildman–Crippen LogP) is 2.75. The molecule has 27 heavy (non-hydrogen) atoms. The summed E-state index contributed by atoms with van der Waals surface area (Å²) >= 11 is 9.36. The predicted molar refractivity (Wildman–Crippen MR) is 110 cm³/mol. The molecular formula is C19H21BrClN5O. The number of pyridine rings is 1. The van der Waals surface area contributed by atoms with Crippen LogP contribution in [0.25, 0.3) is 0 Å². The molecule has 4 rings (SSSR count). The van der Waals surface area contributed by atoms with Gasteiger partial charge in [0.2, 0.25) is 5.91 Å². The van der Waals surface area contributed by atoms with Gasteiger partial charge in [-0.15, -0.1) is 0 Å². The monoisotopic (exact) mass is 449 g/mol. The van der Waals surface area contributed by atoms with Gasteiger partial charge in [0.25, 0.3) is 0 Å². The van der Waals surface area contributed by atoms with Crippen LogP contribution in [0, 0.1) is 0 Å². The van der Waals surface area contributed by atoms with Gasteiger partial charge in [0.05, 0.1) is 5.02 Å². The molecule has 0 saturated carbocycles. The SMILES string of the molecule is O=C(C1CC(c2ccc(Br)cc2)NN1)N1CCN(c2ccc(Cl)cn2)CC1. The Balaban J connectivity index is 1.32. The third kappa shape index (κ3) is 4.27. The first-order valence-electron chi connectivity index (χ1n) is 9.02. The summed E-state index contributed by atoms with van der Waals surface area (Å²) in [6.45, 7) is 2.95. The zero-order valence-corrected chi connectivity index (χ0v) is 17.1. The van der Waals surface area contributed by atoms with E-state index < -0.39 is 0 Å². The van der Waals surface area contributed by atoms with Crippen molar-refractivity contribution in [1.29, 1.82) is 0 Å². The molecule has 8 heteroatoms. The number of rotatable bonds is 3. The molecule has 1 aromatic carbocycles. The molecule has 0 radical (unpaired) electrons. The Labute approximate surface area is 172 Å². The van der Waals surface area contributed by atoms with E-state index in [1.165, 1.54) is 5.56 Å². The van der Waals surface area contributed by atoms with Crippen molar-refractivity contribution >= 4 is 39.3 Å². The number of halogens is 2. The van der Waals surface area contributed by atoms with E-state index in [1.54, 1.807) is 6.20 Å². The zero-order valence-electron chi connectivity index (χ0n) is 14.7. The van der Waals surface area contributed by atoms with Crippen LogP contribution in [0.4, 0.5) is 5.82 Å². The molecule has 2 atom stereocenters. The second kappa shape index (κ2) is 8.14. The second-order valence-electron chi connectivity index (χ2n) is 6.83. The van der Waals surface area contributed by atoms with E-state index in [0.717, 1.165) is 29.8 Å². The molecule has 2 aliphatic rings. The van der Waals surface area contributed by atoms with Crippen molar-refractivity contribution in [2.45, 2.75) is 18.5 Å². The number of aromatic nitrogens is 1. The number of anilines is 1. The molecule has 2 unspecified atom stereocenters. The first-order chi connectivity index (χ1) is 13.1. The minimum atomic E-state index is -0.196. The van der Waals surface area contributed by atoms with Crippen molar-refractivity contribution in [2.75, 3.05) is 31.1 Å². The molecule has 6 nitrogen and oxygen atoms in total. The summed E-state index contributed by atoms with van der Waals surface area (Å²) in [6.07, 6.45) is 2.41. The van der Waals surface area contributed by atoms with Crippen molar-refractivity contribution in [3.8, 4) is 0 Å². The van der Waals surface area contributed by atoms with Crippen molar-refractivity contribution in [3.05, 3.63) is 57.7 Å². The number of amides is 1. The Kier molecular flexibility index (Phi) is 5.63. The van der Waals surface area contributed by atoms with Crippen LogP contribution in [0.1, 0.15) is 18.0 Å². The van der Waals surface area contributed by atoms with Crippen molar-refractivity contribution in [1.82, 2.24) is 20.7 Å². The van der Waals surface area contributed by atoms with Crippen molar-refractivity contribution in [3.63, 3.8) is 0 Å².